The first kappa shape index (κ1) is 24.6. The van der Waals surface area contributed by atoms with Crippen molar-refractivity contribution in [3.05, 3.63) is 83.8 Å². The fraction of sp³-hybridized carbons (Fsp3) is 0.167. The summed E-state index contributed by atoms with van der Waals surface area (Å²) in [6, 6.07) is 16.6. The van der Waals surface area contributed by atoms with Gasteiger partial charge in [0.05, 0.1) is 23.2 Å². The standard InChI is InChI=1S/C24H24FN3O3S.ClH/c1-16-7-10-23(22(25)11-16)27-18-8-9-21-17(14-26-2)15-28(24(21)12-18)32(29,30)20-6-4-5-19(13-20)31-3;/h4-13,15,26-27H,14H2,1-3H3;1H. The van der Waals surface area contributed by atoms with Crippen molar-refractivity contribution in [3.8, 4) is 5.75 Å². The molecule has 3 aromatic carbocycles. The number of aromatic nitrogens is 1. The minimum absolute atomic E-state index is 0. The van der Waals surface area contributed by atoms with Gasteiger partial charge in [-0.3, -0.25) is 0 Å². The summed E-state index contributed by atoms with van der Waals surface area (Å²) in [5.41, 5.74) is 3.05. The predicted molar refractivity (Wildman–Crippen MR) is 132 cm³/mol. The van der Waals surface area contributed by atoms with Crippen molar-refractivity contribution in [1.29, 1.82) is 0 Å². The Balaban J connectivity index is 0.00000306. The maximum Gasteiger partial charge on any atom is 0.268 e. The quantitative estimate of drug-likeness (QED) is 0.372. The first-order valence-corrected chi connectivity index (χ1v) is 11.5. The van der Waals surface area contributed by atoms with E-state index in [1.54, 1.807) is 37.5 Å². The molecule has 0 aliphatic rings. The molecule has 4 aromatic rings. The van der Waals surface area contributed by atoms with Gasteiger partial charge in [-0.05, 0) is 61.5 Å². The highest BCUT2D eigenvalue weighted by atomic mass is 35.5. The Morgan fingerprint density at radius 3 is 2.55 bits per heavy atom. The zero-order valence-electron chi connectivity index (χ0n) is 18.4. The molecule has 0 bridgehead atoms. The minimum atomic E-state index is -3.89. The van der Waals surface area contributed by atoms with Crippen molar-refractivity contribution in [2.75, 3.05) is 19.5 Å². The van der Waals surface area contributed by atoms with Crippen LogP contribution in [0.15, 0.2) is 71.8 Å². The van der Waals surface area contributed by atoms with Crippen molar-refractivity contribution >= 4 is 44.7 Å². The summed E-state index contributed by atoms with van der Waals surface area (Å²) >= 11 is 0. The monoisotopic (exact) mass is 489 g/mol. The van der Waals surface area contributed by atoms with Gasteiger partial charge in [0.15, 0.2) is 0 Å². The fourth-order valence-corrected chi connectivity index (χ4v) is 5.05. The van der Waals surface area contributed by atoms with Gasteiger partial charge >= 0.3 is 0 Å². The van der Waals surface area contributed by atoms with E-state index in [1.807, 2.05) is 25.1 Å². The number of methoxy groups -OCH3 is 1. The van der Waals surface area contributed by atoms with Crippen LogP contribution in [0.2, 0.25) is 0 Å². The van der Waals surface area contributed by atoms with E-state index in [1.165, 1.54) is 29.3 Å². The lowest BCUT2D eigenvalue weighted by Gasteiger charge is -2.11. The maximum absolute atomic E-state index is 14.3. The number of halogens is 2. The number of benzene rings is 3. The highest BCUT2D eigenvalue weighted by Crippen LogP contribution is 2.31. The average Bonchev–Trinajstić information content (AvgIpc) is 3.14. The average molecular weight is 490 g/mol. The molecule has 0 fully saturated rings. The van der Waals surface area contributed by atoms with E-state index in [2.05, 4.69) is 10.6 Å². The Hall–Kier alpha value is -3.07. The third-order valence-electron chi connectivity index (χ3n) is 5.22. The molecule has 174 valence electrons. The van der Waals surface area contributed by atoms with Crippen LogP contribution in [0.5, 0.6) is 5.75 Å². The molecule has 33 heavy (non-hydrogen) atoms. The number of fused-ring (bicyclic) bond motifs is 1. The van der Waals surface area contributed by atoms with Gasteiger partial charge in [-0.1, -0.05) is 18.2 Å². The molecule has 4 rings (SSSR count). The zero-order valence-corrected chi connectivity index (χ0v) is 20.1. The van der Waals surface area contributed by atoms with Crippen LogP contribution in [0.3, 0.4) is 0 Å². The molecule has 0 atom stereocenters. The van der Waals surface area contributed by atoms with E-state index in [9.17, 15) is 12.8 Å². The van der Waals surface area contributed by atoms with Crippen LogP contribution in [0.4, 0.5) is 15.8 Å². The Morgan fingerprint density at radius 2 is 1.85 bits per heavy atom. The van der Waals surface area contributed by atoms with Gasteiger partial charge in [0.1, 0.15) is 11.6 Å². The molecule has 2 N–H and O–H groups in total. The second-order valence-electron chi connectivity index (χ2n) is 7.50. The van der Waals surface area contributed by atoms with Crippen LogP contribution >= 0.6 is 12.4 Å². The van der Waals surface area contributed by atoms with Crippen LogP contribution in [0.25, 0.3) is 10.9 Å². The highest BCUT2D eigenvalue weighted by Gasteiger charge is 2.22. The SMILES string of the molecule is CNCc1cn(S(=O)(=O)c2cccc(OC)c2)c2cc(Nc3ccc(C)cc3F)ccc12.Cl. The smallest absolute Gasteiger partial charge is 0.268 e. The third-order valence-corrected chi connectivity index (χ3v) is 6.89. The minimum Gasteiger partial charge on any atom is -0.497 e. The molecule has 0 spiro atoms. The topological polar surface area (TPSA) is 72.4 Å². The number of hydrogen-bond donors (Lipinski definition) is 2. The van der Waals surface area contributed by atoms with Crippen LogP contribution in [-0.4, -0.2) is 26.5 Å². The van der Waals surface area contributed by atoms with Crippen molar-refractivity contribution in [2.24, 2.45) is 0 Å². The Morgan fingerprint density at radius 1 is 1.06 bits per heavy atom. The van der Waals surface area contributed by atoms with Crippen LogP contribution in [-0.2, 0) is 16.6 Å². The number of nitrogens with zero attached hydrogens (tertiary/aromatic N) is 1. The molecular weight excluding hydrogens is 465 g/mol. The molecule has 0 aliphatic carbocycles. The number of aryl methyl sites for hydroxylation is 1. The molecule has 9 heteroatoms. The highest BCUT2D eigenvalue weighted by molar-refractivity contribution is 7.90. The number of hydrogen-bond acceptors (Lipinski definition) is 5. The summed E-state index contributed by atoms with van der Waals surface area (Å²) in [7, 11) is -0.601. The fourth-order valence-electron chi connectivity index (χ4n) is 3.63. The predicted octanol–water partition coefficient (Wildman–Crippen LogP) is 5.22. The van der Waals surface area contributed by atoms with E-state index in [-0.39, 0.29) is 23.1 Å². The van der Waals surface area contributed by atoms with Crippen LogP contribution in [0, 0.1) is 12.7 Å². The van der Waals surface area contributed by atoms with E-state index in [0.717, 1.165) is 16.5 Å². The summed E-state index contributed by atoms with van der Waals surface area (Å²) in [4.78, 5) is 0.118. The summed E-state index contributed by atoms with van der Waals surface area (Å²) < 4.78 is 47.8. The van der Waals surface area contributed by atoms with E-state index in [4.69, 9.17) is 4.74 Å². The number of anilines is 2. The first-order chi connectivity index (χ1) is 15.3. The van der Waals surface area contributed by atoms with Crippen LogP contribution in [0.1, 0.15) is 11.1 Å². The Bertz CT molecular complexity index is 1400. The number of ether oxygens (including phenoxy) is 1. The molecule has 6 nitrogen and oxygen atoms in total. The second-order valence-corrected chi connectivity index (χ2v) is 9.32. The molecule has 0 unspecified atom stereocenters. The first-order valence-electron chi connectivity index (χ1n) is 10.0. The molecule has 1 aromatic heterocycles. The number of nitrogens with one attached hydrogen (secondary N) is 2. The van der Waals surface area contributed by atoms with E-state index in [0.29, 0.717) is 29.2 Å². The molecular formula is C24H25ClFN3O3S. The third kappa shape index (κ3) is 4.83. The van der Waals surface area contributed by atoms with Gasteiger partial charge < -0.3 is 15.4 Å². The van der Waals surface area contributed by atoms with E-state index >= 15 is 0 Å². The van der Waals surface area contributed by atoms with Gasteiger partial charge in [-0.2, -0.15) is 0 Å². The lowest BCUT2D eigenvalue weighted by atomic mass is 10.1. The van der Waals surface area contributed by atoms with Crippen molar-refractivity contribution in [3.63, 3.8) is 0 Å². The summed E-state index contributed by atoms with van der Waals surface area (Å²) in [5, 5.41) is 6.92. The number of rotatable bonds is 7. The summed E-state index contributed by atoms with van der Waals surface area (Å²) in [6.07, 6.45) is 1.62. The molecule has 0 saturated carbocycles. The molecule has 0 radical (unpaired) electrons. The largest absolute Gasteiger partial charge is 0.497 e. The molecule has 1 heterocycles. The zero-order chi connectivity index (χ0) is 22.9. The van der Waals surface area contributed by atoms with Crippen molar-refractivity contribution in [1.82, 2.24) is 9.29 Å². The summed E-state index contributed by atoms with van der Waals surface area (Å²) in [6.45, 7) is 2.31. The van der Waals surface area contributed by atoms with Gasteiger partial charge in [0, 0.05) is 29.9 Å². The van der Waals surface area contributed by atoms with Crippen LogP contribution < -0.4 is 15.4 Å². The molecule has 0 saturated heterocycles. The molecule has 0 aliphatic heterocycles. The van der Waals surface area contributed by atoms with Crippen molar-refractivity contribution < 1.29 is 17.5 Å². The van der Waals surface area contributed by atoms with Gasteiger partial charge in [-0.15, -0.1) is 12.4 Å². The molecule has 0 amide bonds. The lowest BCUT2D eigenvalue weighted by Crippen LogP contribution is -2.12. The van der Waals surface area contributed by atoms with Gasteiger partial charge in [0.25, 0.3) is 10.0 Å². The second kappa shape index (κ2) is 9.82. The Kier molecular flexibility index (Phi) is 7.31. The normalized spacial score (nSPS) is 11.3. The summed E-state index contributed by atoms with van der Waals surface area (Å²) in [5.74, 6) is 0.0792. The lowest BCUT2D eigenvalue weighted by molar-refractivity contribution is 0.413. The van der Waals surface area contributed by atoms with E-state index < -0.39 is 10.0 Å². The maximum atomic E-state index is 14.3. The van der Waals surface area contributed by atoms with Crippen molar-refractivity contribution in [2.45, 2.75) is 18.4 Å². The van der Waals surface area contributed by atoms with Gasteiger partial charge in [0.2, 0.25) is 0 Å². The Labute approximate surface area is 198 Å². The van der Waals surface area contributed by atoms with Gasteiger partial charge in [-0.25, -0.2) is 16.8 Å².